The van der Waals surface area contributed by atoms with Crippen LogP contribution in [0.1, 0.15) is 18.9 Å². The van der Waals surface area contributed by atoms with E-state index in [0.717, 1.165) is 18.0 Å². The Balaban J connectivity index is 2.07. The Labute approximate surface area is 154 Å². The summed E-state index contributed by atoms with van der Waals surface area (Å²) in [7, 11) is 0. The summed E-state index contributed by atoms with van der Waals surface area (Å²) in [5.41, 5.74) is 2.36. The van der Waals surface area contributed by atoms with E-state index in [0.29, 0.717) is 6.42 Å². The molecule has 0 saturated heterocycles. The number of nitro groups is 1. The summed E-state index contributed by atoms with van der Waals surface area (Å²) in [4.78, 5) is 22.2. The number of anilines is 1. The van der Waals surface area contributed by atoms with Gasteiger partial charge in [-0.3, -0.25) is 14.9 Å². The van der Waals surface area contributed by atoms with Gasteiger partial charge in [0.1, 0.15) is 6.04 Å². The monoisotopic (exact) mass is 375 g/mol. The zero-order valence-corrected chi connectivity index (χ0v) is 14.6. The number of benzene rings is 2. The second kappa shape index (κ2) is 8.82. The Morgan fingerprint density at radius 3 is 2.65 bits per heavy atom. The molecule has 2 aromatic rings. The molecule has 0 bridgehead atoms. The lowest BCUT2D eigenvalue weighted by Gasteiger charge is -2.16. The van der Waals surface area contributed by atoms with E-state index in [9.17, 15) is 20.0 Å². The van der Waals surface area contributed by atoms with Gasteiger partial charge in [-0.2, -0.15) is 5.10 Å². The highest BCUT2D eigenvalue weighted by Crippen LogP contribution is 2.29. The van der Waals surface area contributed by atoms with Gasteiger partial charge in [-0.15, -0.1) is 0 Å². The molecule has 0 heterocycles. The zero-order chi connectivity index (χ0) is 19.1. The molecule has 0 aromatic heterocycles. The van der Waals surface area contributed by atoms with Crippen LogP contribution in [-0.4, -0.2) is 23.1 Å². The van der Waals surface area contributed by atoms with Gasteiger partial charge in [0, 0.05) is 16.8 Å². The van der Waals surface area contributed by atoms with Crippen LogP contribution < -0.4 is 15.8 Å². The Kier molecular flexibility index (Phi) is 6.51. The van der Waals surface area contributed by atoms with Crippen molar-refractivity contribution in [2.24, 2.45) is 5.10 Å². The quantitative estimate of drug-likeness (QED) is 0.438. The van der Waals surface area contributed by atoms with Crippen LogP contribution in [0.15, 0.2) is 47.6 Å². The molecule has 0 saturated carbocycles. The average molecular weight is 376 g/mol. The van der Waals surface area contributed by atoms with Gasteiger partial charge in [-0.25, -0.2) is 5.43 Å². The van der Waals surface area contributed by atoms with Gasteiger partial charge >= 0.3 is 0 Å². The fourth-order valence-corrected chi connectivity index (χ4v) is 2.38. The first-order valence-electron chi connectivity index (χ1n) is 7.71. The minimum Gasteiger partial charge on any atom is -0.867 e. The molecule has 0 unspecified atom stereocenters. The van der Waals surface area contributed by atoms with Gasteiger partial charge in [0.05, 0.1) is 11.1 Å². The number of carbonyl (C=O) groups is 1. The highest BCUT2D eigenvalue weighted by atomic mass is 35.5. The third-order valence-corrected chi connectivity index (χ3v) is 3.70. The highest BCUT2D eigenvalue weighted by Gasteiger charge is 2.15. The first-order valence-corrected chi connectivity index (χ1v) is 8.09. The molecule has 0 radical (unpaired) electrons. The van der Waals surface area contributed by atoms with Crippen molar-refractivity contribution < 1.29 is 14.8 Å². The maximum Gasteiger partial charge on any atom is 0.263 e. The van der Waals surface area contributed by atoms with Gasteiger partial charge in [0.25, 0.3) is 11.6 Å². The number of carbonyl (C=O) groups excluding carboxylic acids is 1. The van der Waals surface area contributed by atoms with Crippen LogP contribution >= 0.6 is 11.6 Å². The fraction of sp³-hybridized carbons (Fsp3) is 0.176. The van der Waals surface area contributed by atoms with Crippen LogP contribution in [0.4, 0.5) is 11.4 Å². The molecule has 2 rings (SSSR count). The molecule has 1 amide bonds. The molecule has 0 aliphatic heterocycles. The van der Waals surface area contributed by atoms with E-state index in [2.05, 4.69) is 15.8 Å². The second-order valence-corrected chi connectivity index (χ2v) is 5.74. The van der Waals surface area contributed by atoms with E-state index in [1.54, 1.807) is 0 Å². The van der Waals surface area contributed by atoms with Crippen molar-refractivity contribution >= 4 is 35.1 Å². The van der Waals surface area contributed by atoms with Crippen molar-refractivity contribution in [1.29, 1.82) is 0 Å². The van der Waals surface area contributed by atoms with Crippen molar-refractivity contribution in [1.82, 2.24) is 5.43 Å². The Morgan fingerprint density at radius 2 is 2.04 bits per heavy atom. The molecule has 9 heteroatoms. The van der Waals surface area contributed by atoms with Crippen LogP contribution in [-0.2, 0) is 4.79 Å². The first kappa shape index (κ1) is 19.2. The molecule has 2 aromatic carbocycles. The molecule has 26 heavy (non-hydrogen) atoms. The highest BCUT2D eigenvalue weighted by molar-refractivity contribution is 6.31. The second-order valence-electron chi connectivity index (χ2n) is 5.31. The zero-order valence-electron chi connectivity index (χ0n) is 13.8. The molecule has 2 N–H and O–H groups in total. The SMILES string of the molecule is CC[C@H](Nc1ccccc1)C(=O)N/N=C\c1cc(Cl)cc([N+](=O)[O-])c1[O-]. The minimum absolute atomic E-state index is 0.0289. The lowest BCUT2D eigenvalue weighted by atomic mass is 10.2. The van der Waals surface area contributed by atoms with E-state index >= 15 is 0 Å². The molecule has 0 aliphatic carbocycles. The van der Waals surface area contributed by atoms with Crippen LogP contribution in [0.5, 0.6) is 5.75 Å². The Bertz CT molecular complexity index is 827. The predicted molar refractivity (Wildman–Crippen MR) is 97.4 cm³/mol. The van der Waals surface area contributed by atoms with Gasteiger partial charge < -0.3 is 10.4 Å². The summed E-state index contributed by atoms with van der Waals surface area (Å²) in [5.74, 6) is -1.23. The number of halogens is 1. The summed E-state index contributed by atoms with van der Waals surface area (Å²) in [6.07, 6.45) is 1.54. The summed E-state index contributed by atoms with van der Waals surface area (Å²) >= 11 is 5.77. The van der Waals surface area contributed by atoms with Crippen molar-refractivity contribution in [3.63, 3.8) is 0 Å². The minimum atomic E-state index is -0.827. The largest absolute Gasteiger partial charge is 0.867 e. The number of para-hydroxylation sites is 1. The van der Waals surface area contributed by atoms with Crippen LogP contribution in [0.25, 0.3) is 0 Å². The van der Waals surface area contributed by atoms with Gasteiger partial charge in [-0.1, -0.05) is 36.7 Å². The summed E-state index contributed by atoms with van der Waals surface area (Å²) in [6, 6.07) is 10.9. The molecule has 1 atom stereocenters. The number of hydrogen-bond donors (Lipinski definition) is 2. The molecule has 0 fully saturated rings. The average Bonchev–Trinajstić information content (AvgIpc) is 2.62. The lowest BCUT2D eigenvalue weighted by molar-refractivity contribution is -0.398. The predicted octanol–water partition coefficient (Wildman–Crippen LogP) is 2.66. The van der Waals surface area contributed by atoms with E-state index in [4.69, 9.17) is 11.6 Å². The third kappa shape index (κ3) is 4.93. The first-order chi connectivity index (χ1) is 12.4. The van der Waals surface area contributed by atoms with Crippen molar-refractivity contribution in [3.8, 4) is 5.75 Å². The summed E-state index contributed by atoms with van der Waals surface area (Å²) < 4.78 is 0. The number of nitrogens with zero attached hydrogens (tertiary/aromatic N) is 2. The molecule has 8 nitrogen and oxygen atoms in total. The third-order valence-electron chi connectivity index (χ3n) is 3.48. The maximum absolute atomic E-state index is 12.2. The van der Waals surface area contributed by atoms with Crippen molar-refractivity contribution in [2.75, 3.05) is 5.32 Å². The number of hydrogen-bond acceptors (Lipinski definition) is 6. The van der Waals surface area contributed by atoms with Gasteiger partial charge in [0.15, 0.2) is 0 Å². The summed E-state index contributed by atoms with van der Waals surface area (Å²) in [5, 5.41) is 29.6. The lowest BCUT2D eigenvalue weighted by Crippen LogP contribution is -2.36. The molecule has 0 aliphatic rings. The number of rotatable bonds is 7. The number of hydrazone groups is 1. The van der Waals surface area contributed by atoms with E-state index < -0.39 is 28.3 Å². The number of nitro benzene ring substituents is 1. The Hall–Kier alpha value is -3.13. The molecule has 0 spiro atoms. The summed E-state index contributed by atoms with van der Waals surface area (Å²) in [6.45, 7) is 1.83. The Morgan fingerprint density at radius 1 is 1.35 bits per heavy atom. The van der Waals surface area contributed by atoms with Crippen LogP contribution in [0.3, 0.4) is 0 Å². The van der Waals surface area contributed by atoms with Gasteiger partial charge in [-0.05, 0) is 35.9 Å². The number of nitrogens with one attached hydrogen (secondary N) is 2. The van der Waals surface area contributed by atoms with E-state index in [-0.39, 0.29) is 10.6 Å². The fourth-order valence-electron chi connectivity index (χ4n) is 2.16. The molecular weight excluding hydrogens is 360 g/mol. The van der Waals surface area contributed by atoms with E-state index in [1.807, 2.05) is 37.3 Å². The smallest absolute Gasteiger partial charge is 0.263 e. The van der Waals surface area contributed by atoms with Crippen molar-refractivity contribution in [2.45, 2.75) is 19.4 Å². The molecular formula is C17H16ClN4O4-. The van der Waals surface area contributed by atoms with Crippen LogP contribution in [0, 0.1) is 10.1 Å². The van der Waals surface area contributed by atoms with Gasteiger partial charge in [0.2, 0.25) is 0 Å². The maximum atomic E-state index is 12.2. The number of amides is 1. The molecule has 136 valence electrons. The van der Waals surface area contributed by atoms with Crippen LogP contribution in [0.2, 0.25) is 5.02 Å². The normalized spacial score (nSPS) is 11.9. The van der Waals surface area contributed by atoms with Crippen molar-refractivity contribution in [3.05, 3.63) is 63.2 Å². The van der Waals surface area contributed by atoms with E-state index in [1.165, 1.54) is 6.07 Å². The standard InChI is InChI=1S/C17H17ClN4O4/c1-2-14(20-13-6-4-3-5-7-13)17(24)21-19-10-11-8-12(18)9-15(16(11)23)22(25)26/h3-10,14,20,23H,2H2,1H3,(H,21,24)/p-1/b19-10-/t14-/m0/s1. The topological polar surface area (TPSA) is 120 Å².